The Morgan fingerprint density at radius 1 is 0.886 bits per heavy atom. The van der Waals surface area contributed by atoms with Crippen LogP contribution in [0.1, 0.15) is 26.3 Å². The number of halogens is 2. The molecule has 0 aromatic heterocycles. The molecule has 2 aliphatic rings. The van der Waals surface area contributed by atoms with E-state index in [0.29, 0.717) is 54.4 Å². The first-order valence-corrected chi connectivity index (χ1v) is 11.8. The first kappa shape index (κ1) is 25.0. The van der Waals surface area contributed by atoms with Gasteiger partial charge in [0.2, 0.25) is 17.5 Å². The van der Waals surface area contributed by atoms with Gasteiger partial charge in [-0.3, -0.25) is 24.2 Å². The van der Waals surface area contributed by atoms with E-state index in [1.165, 1.54) is 18.0 Å². The van der Waals surface area contributed by atoms with Crippen molar-refractivity contribution in [1.29, 1.82) is 0 Å². The van der Waals surface area contributed by atoms with Gasteiger partial charge in [-0.15, -0.1) is 0 Å². The minimum Gasteiger partial charge on any atom is -0.373 e. The lowest BCUT2D eigenvalue weighted by atomic mass is 9.89. The molecule has 0 bridgehead atoms. The van der Waals surface area contributed by atoms with Crippen molar-refractivity contribution in [2.45, 2.75) is 6.54 Å². The lowest BCUT2D eigenvalue weighted by molar-refractivity contribution is -0.129. The zero-order valence-electron chi connectivity index (χ0n) is 20.1. The Labute approximate surface area is 209 Å². The van der Waals surface area contributed by atoms with E-state index < -0.39 is 0 Å². The number of hydrogen-bond acceptors (Lipinski definition) is 6. The predicted molar refractivity (Wildman–Crippen MR) is 132 cm³/mol. The molecule has 1 aliphatic heterocycles. The number of nitrogens with zero attached hydrogens (tertiary/aromatic N) is 4. The Kier molecular flexibility index (Phi) is 7.35. The quantitative estimate of drug-likeness (QED) is 0.610. The van der Waals surface area contributed by atoms with Crippen LogP contribution in [-0.4, -0.2) is 90.9 Å². The summed E-state index contributed by atoms with van der Waals surface area (Å²) in [6.07, 6.45) is 0. The highest BCUT2D eigenvalue weighted by atomic mass is 35.5. The second-order valence-electron chi connectivity index (χ2n) is 9.00. The third-order valence-electron chi connectivity index (χ3n) is 6.49. The Balaban J connectivity index is 1.43. The molecular weight excluding hydrogens is 471 g/mol. The molecule has 0 spiro atoms. The van der Waals surface area contributed by atoms with Gasteiger partial charge < -0.3 is 9.80 Å². The summed E-state index contributed by atoms with van der Waals surface area (Å²) in [7, 11) is 4.92. The van der Waals surface area contributed by atoms with Crippen molar-refractivity contribution >= 4 is 29.1 Å². The van der Waals surface area contributed by atoms with Crippen molar-refractivity contribution in [2.24, 2.45) is 0 Å². The molecule has 4 rings (SSSR count). The van der Waals surface area contributed by atoms with Crippen LogP contribution in [0.3, 0.4) is 0 Å². The molecule has 0 radical (unpaired) electrons. The Hall–Kier alpha value is -3.07. The molecule has 2 aromatic rings. The third-order valence-corrected chi connectivity index (χ3v) is 6.85. The highest BCUT2D eigenvalue weighted by Crippen LogP contribution is 2.29. The zero-order chi connectivity index (χ0) is 25.3. The lowest BCUT2D eigenvalue weighted by Gasteiger charge is -2.36. The first-order chi connectivity index (χ1) is 16.7. The second-order valence-corrected chi connectivity index (χ2v) is 9.41. The number of piperazine rings is 1. The van der Waals surface area contributed by atoms with Crippen molar-refractivity contribution in [3.63, 3.8) is 0 Å². The number of likely N-dealkylation sites (N-methyl/N-ethyl adjacent to an activating group) is 2. The van der Waals surface area contributed by atoms with Crippen molar-refractivity contribution < 1.29 is 18.8 Å². The summed E-state index contributed by atoms with van der Waals surface area (Å²) in [4.78, 5) is 46.6. The van der Waals surface area contributed by atoms with Crippen LogP contribution < -0.4 is 0 Å². The van der Waals surface area contributed by atoms with E-state index in [1.807, 2.05) is 4.90 Å². The van der Waals surface area contributed by atoms with Gasteiger partial charge >= 0.3 is 0 Å². The number of fused-ring (bicyclic) bond motifs is 1. The molecule has 0 N–H and O–H groups in total. The summed E-state index contributed by atoms with van der Waals surface area (Å²) in [6.45, 7) is 3.04. The van der Waals surface area contributed by atoms with Gasteiger partial charge in [-0.25, -0.2) is 4.39 Å². The number of hydrogen-bond donors (Lipinski definition) is 0. The minimum absolute atomic E-state index is 0.0940. The summed E-state index contributed by atoms with van der Waals surface area (Å²) in [5.41, 5.74) is 1.42. The molecule has 35 heavy (non-hydrogen) atoms. The van der Waals surface area contributed by atoms with Gasteiger partial charge in [-0.05, 0) is 12.1 Å². The van der Waals surface area contributed by atoms with Crippen molar-refractivity contribution in [3.8, 4) is 0 Å². The SMILES string of the molecule is CN(C)C1=C(N(C)C(=O)CN2CCN(Cc3c(F)cccc3Cl)CC2)C(=O)c2ccccc2C1=O. The number of rotatable bonds is 6. The third kappa shape index (κ3) is 5.00. The number of allylic oxidation sites excluding steroid dienone is 2. The molecule has 2 aromatic carbocycles. The van der Waals surface area contributed by atoms with Crippen LogP contribution in [0.15, 0.2) is 53.9 Å². The second kappa shape index (κ2) is 10.3. The fourth-order valence-electron chi connectivity index (χ4n) is 4.51. The van der Waals surface area contributed by atoms with Crippen molar-refractivity contribution in [3.05, 3.63) is 81.4 Å². The molecule has 0 saturated carbocycles. The molecule has 0 atom stereocenters. The Bertz CT molecular complexity index is 1180. The normalized spacial score (nSPS) is 16.9. The maximum Gasteiger partial charge on any atom is 0.241 e. The van der Waals surface area contributed by atoms with E-state index in [0.717, 1.165) is 0 Å². The van der Waals surface area contributed by atoms with Gasteiger partial charge in [-0.1, -0.05) is 41.9 Å². The van der Waals surface area contributed by atoms with Crippen LogP contribution in [0.2, 0.25) is 5.02 Å². The van der Waals surface area contributed by atoms with Crippen LogP contribution in [0, 0.1) is 5.82 Å². The largest absolute Gasteiger partial charge is 0.373 e. The number of ketones is 2. The summed E-state index contributed by atoms with van der Waals surface area (Å²) in [5.74, 6) is -1.22. The van der Waals surface area contributed by atoms with Crippen molar-refractivity contribution in [2.75, 3.05) is 53.9 Å². The van der Waals surface area contributed by atoms with E-state index in [-0.39, 0.29) is 41.2 Å². The number of carbonyl (C=O) groups excluding carboxylic acids is 3. The fourth-order valence-corrected chi connectivity index (χ4v) is 4.73. The molecule has 0 unspecified atom stereocenters. The predicted octanol–water partition coefficient (Wildman–Crippen LogP) is 2.91. The van der Waals surface area contributed by atoms with E-state index in [9.17, 15) is 18.8 Å². The smallest absolute Gasteiger partial charge is 0.241 e. The standard InChI is InChI=1S/C26H28ClFN4O3/c1-29(2)23-24(26(35)18-8-5-4-7-17(18)25(23)34)30(3)22(33)16-32-13-11-31(12-14-32)15-19-20(27)9-6-10-21(19)28/h4-10H,11-16H2,1-3H3. The molecule has 1 fully saturated rings. The van der Waals surface area contributed by atoms with Crippen LogP contribution in [-0.2, 0) is 11.3 Å². The van der Waals surface area contributed by atoms with E-state index >= 15 is 0 Å². The van der Waals surface area contributed by atoms with Crippen LogP contribution in [0.25, 0.3) is 0 Å². The maximum atomic E-state index is 14.1. The minimum atomic E-state index is -0.341. The highest BCUT2D eigenvalue weighted by Gasteiger charge is 2.37. The summed E-state index contributed by atoms with van der Waals surface area (Å²) >= 11 is 6.16. The fraction of sp³-hybridized carbons (Fsp3) is 0.346. The average molecular weight is 499 g/mol. The molecule has 1 saturated heterocycles. The maximum absolute atomic E-state index is 14.1. The Morgan fingerprint density at radius 3 is 2.03 bits per heavy atom. The van der Waals surface area contributed by atoms with E-state index in [4.69, 9.17) is 11.6 Å². The molecule has 1 heterocycles. The summed E-state index contributed by atoms with van der Waals surface area (Å²) < 4.78 is 14.1. The number of Topliss-reactive ketones (excluding diaryl/α,β-unsaturated/α-hetero) is 2. The Morgan fingerprint density at radius 2 is 1.46 bits per heavy atom. The number of amides is 1. The van der Waals surface area contributed by atoms with Gasteiger partial charge in [0.1, 0.15) is 17.2 Å². The van der Waals surface area contributed by atoms with Crippen LogP contribution in [0.5, 0.6) is 0 Å². The zero-order valence-corrected chi connectivity index (χ0v) is 20.8. The monoisotopic (exact) mass is 498 g/mol. The number of carbonyl (C=O) groups is 3. The van der Waals surface area contributed by atoms with Crippen LogP contribution in [0.4, 0.5) is 4.39 Å². The topological polar surface area (TPSA) is 64.2 Å². The first-order valence-electron chi connectivity index (χ1n) is 11.4. The van der Waals surface area contributed by atoms with Gasteiger partial charge in [0.05, 0.1) is 6.54 Å². The molecule has 184 valence electrons. The van der Waals surface area contributed by atoms with Gasteiger partial charge in [0.25, 0.3) is 0 Å². The van der Waals surface area contributed by atoms with E-state index in [1.54, 1.807) is 55.4 Å². The summed E-state index contributed by atoms with van der Waals surface area (Å²) in [5, 5.41) is 0.405. The molecule has 1 aliphatic carbocycles. The molecule has 1 amide bonds. The number of benzene rings is 2. The molecule has 7 nitrogen and oxygen atoms in total. The highest BCUT2D eigenvalue weighted by molar-refractivity contribution is 6.31. The summed E-state index contributed by atoms with van der Waals surface area (Å²) in [6, 6.07) is 11.3. The van der Waals surface area contributed by atoms with Gasteiger partial charge in [0.15, 0.2) is 0 Å². The lowest BCUT2D eigenvalue weighted by Crippen LogP contribution is -2.50. The average Bonchev–Trinajstić information content (AvgIpc) is 2.84. The van der Waals surface area contributed by atoms with Gasteiger partial charge in [0, 0.05) is 75.6 Å². The van der Waals surface area contributed by atoms with Crippen molar-refractivity contribution in [1.82, 2.24) is 19.6 Å². The molecule has 9 heteroatoms. The molecular formula is C26H28ClFN4O3. The van der Waals surface area contributed by atoms with Gasteiger partial charge in [-0.2, -0.15) is 0 Å². The van der Waals surface area contributed by atoms with Crippen LogP contribution >= 0.6 is 11.6 Å². The van der Waals surface area contributed by atoms with E-state index in [2.05, 4.69) is 4.90 Å².